The molecular weight excluding hydrogens is 372 g/mol. The molecule has 0 aliphatic carbocycles. The fourth-order valence-corrected chi connectivity index (χ4v) is 2.75. The van der Waals surface area contributed by atoms with Crippen LogP contribution in [-0.2, 0) is 16.6 Å². The quantitative estimate of drug-likeness (QED) is 0.373. The summed E-state index contributed by atoms with van der Waals surface area (Å²) in [6.07, 6.45) is 4.92. The van der Waals surface area contributed by atoms with Gasteiger partial charge in [0.15, 0.2) is 18.2 Å². The van der Waals surface area contributed by atoms with E-state index in [-0.39, 0.29) is 23.2 Å². The summed E-state index contributed by atoms with van der Waals surface area (Å²) >= 11 is 0. The van der Waals surface area contributed by atoms with Gasteiger partial charge in [0.25, 0.3) is 0 Å². The Labute approximate surface area is 170 Å². The molecule has 1 aromatic carbocycles. The zero-order valence-corrected chi connectivity index (χ0v) is 17.0. The Hall–Kier alpha value is -3.22. The molecule has 2 aromatic rings. The summed E-state index contributed by atoms with van der Waals surface area (Å²) in [4.78, 5) is 47.7. The monoisotopic (exact) mass is 398 g/mol. The van der Waals surface area contributed by atoms with Gasteiger partial charge in [0.2, 0.25) is 5.91 Å². The van der Waals surface area contributed by atoms with Crippen LogP contribution in [0.1, 0.15) is 70.7 Å². The minimum absolute atomic E-state index is 0.0565. The third-order valence-corrected chi connectivity index (χ3v) is 4.45. The standard InChI is InChI=1S/C22H26N2O5/c1-4-5-6-7-21(27)23-18-10-8-16(9-11-18)20(26)14-29-22(28)19-12-17(15(2)25)13-24(19)3/h8-13H,4-7,14H2,1-3H3,(H,23,27). The van der Waals surface area contributed by atoms with Gasteiger partial charge in [0.05, 0.1) is 0 Å². The number of rotatable bonds is 10. The lowest BCUT2D eigenvalue weighted by molar-refractivity contribution is -0.116. The highest BCUT2D eigenvalue weighted by Gasteiger charge is 2.17. The van der Waals surface area contributed by atoms with Crippen LogP contribution in [0.15, 0.2) is 36.5 Å². The van der Waals surface area contributed by atoms with E-state index in [2.05, 4.69) is 12.2 Å². The van der Waals surface area contributed by atoms with Gasteiger partial charge in [-0.2, -0.15) is 0 Å². The third-order valence-electron chi connectivity index (χ3n) is 4.45. The number of ketones is 2. The number of carbonyl (C=O) groups excluding carboxylic acids is 4. The molecule has 0 fully saturated rings. The minimum atomic E-state index is -0.677. The van der Waals surface area contributed by atoms with Crippen LogP contribution in [0.4, 0.5) is 5.69 Å². The molecular formula is C22H26N2O5. The number of benzene rings is 1. The zero-order chi connectivity index (χ0) is 21.4. The van der Waals surface area contributed by atoms with E-state index in [1.165, 1.54) is 23.8 Å². The molecule has 1 N–H and O–H groups in total. The Morgan fingerprint density at radius 2 is 1.72 bits per heavy atom. The average molecular weight is 398 g/mol. The first-order valence-electron chi connectivity index (χ1n) is 9.59. The number of carbonyl (C=O) groups is 4. The van der Waals surface area contributed by atoms with Gasteiger partial charge in [-0.1, -0.05) is 19.8 Å². The van der Waals surface area contributed by atoms with Crippen molar-refractivity contribution in [3.8, 4) is 0 Å². The number of hydrogen-bond acceptors (Lipinski definition) is 5. The molecule has 1 heterocycles. The van der Waals surface area contributed by atoms with E-state index in [4.69, 9.17) is 4.74 Å². The SMILES string of the molecule is CCCCCC(=O)Nc1ccc(C(=O)COC(=O)c2cc(C(C)=O)cn2C)cc1. The number of aryl methyl sites for hydroxylation is 1. The van der Waals surface area contributed by atoms with Crippen molar-refractivity contribution in [1.82, 2.24) is 4.57 Å². The van der Waals surface area contributed by atoms with Crippen molar-refractivity contribution in [2.75, 3.05) is 11.9 Å². The van der Waals surface area contributed by atoms with E-state index in [1.54, 1.807) is 31.3 Å². The fraction of sp³-hybridized carbons (Fsp3) is 0.364. The number of unbranched alkanes of at least 4 members (excludes halogenated alkanes) is 2. The van der Waals surface area contributed by atoms with E-state index in [0.717, 1.165) is 19.3 Å². The second kappa shape index (κ2) is 10.4. The van der Waals surface area contributed by atoms with Gasteiger partial charge >= 0.3 is 5.97 Å². The normalized spacial score (nSPS) is 10.4. The van der Waals surface area contributed by atoms with Gasteiger partial charge in [-0.25, -0.2) is 4.79 Å². The molecule has 0 radical (unpaired) electrons. The Balaban J connectivity index is 1.88. The second-order valence-corrected chi connectivity index (χ2v) is 6.86. The Bertz CT molecular complexity index is 896. The molecule has 0 aliphatic rings. The van der Waals surface area contributed by atoms with E-state index in [1.807, 2.05) is 0 Å². The van der Waals surface area contributed by atoms with Gasteiger partial charge in [0, 0.05) is 36.5 Å². The first-order valence-corrected chi connectivity index (χ1v) is 9.59. The minimum Gasteiger partial charge on any atom is -0.453 e. The summed E-state index contributed by atoms with van der Waals surface area (Å²) < 4.78 is 6.57. The molecule has 1 amide bonds. The third kappa shape index (κ3) is 6.41. The highest BCUT2D eigenvalue weighted by molar-refractivity contribution is 6.01. The summed E-state index contributed by atoms with van der Waals surface area (Å²) in [6, 6.07) is 7.88. The number of anilines is 1. The van der Waals surface area contributed by atoms with E-state index >= 15 is 0 Å². The second-order valence-electron chi connectivity index (χ2n) is 6.86. The van der Waals surface area contributed by atoms with E-state index < -0.39 is 12.6 Å². The Kier molecular flexibility index (Phi) is 7.88. The van der Waals surface area contributed by atoms with Crippen LogP contribution in [-0.4, -0.2) is 34.6 Å². The van der Waals surface area contributed by atoms with Crippen LogP contribution < -0.4 is 5.32 Å². The summed E-state index contributed by atoms with van der Waals surface area (Å²) in [5, 5.41) is 2.79. The molecule has 29 heavy (non-hydrogen) atoms. The molecule has 0 atom stereocenters. The topological polar surface area (TPSA) is 94.5 Å². The first-order chi connectivity index (χ1) is 13.8. The van der Waals surface area contributed by atoms with Crippen molar-refractivity contribution in [2.24, 2.45) is 7.05 Å². The van der Waals surface area contributed by atoms with Crippen molar-refractivity contribution in [1.29, 1.82) is 0 Å². The van der Waals surface area contributed by atoms with E-state index in [0.29, 0.717) is 23.2 Å². The van der Waals surface area contributed by atoms with Gasteiger partial charge in [-0.3, -0.25) is 14.4 Å². The number of nitrogens with one attached hydrogen (secondary N) is 1. The van der Waals surface area contributed by atoms with Crippen molar-refractivity contribution >= 4 is 29.1 Å². The first kappa shape index (κ1) is 22.1. The van der Waals surface area contributed by atoms with Crippen LogP contribution in [0.5, 0.6) is 0 Å². The highest BCUT2D eigenvalue weighted by Crippen LogP contribution is 2.13. The molecule has 0 saturated heterocycles. The van der Waals surface area contributed by atoms with Gasteiger partial charge in [-0.15, -0.1) is 0 Å². The molecule has 7 nitrogen and oxygen atoms in total. The largest absolute Gasteiger partial charge is 0.453 e. The maximum atomic E-state index is 12.3. The molecule has 0 unspecified atom stereocenters. The Morgan fingerprint density at radius 3 is 2.31 bits per heavy atom. The maximum Gasteiger partial charge on any atom is 0.355 e. The predicted molar refractivity (Wildman–Crippen MR) is 109 cm³/mol. The molecule has 2 rings (SSSR count). The van der Waals surface area contributed by atoms with Crippen LogP contribution in [0.25, 0.3) is 0 Å². The van der Waals surface area contributed by atoms with Gasteiger partial charge in [0.1, 0.15) is 5.69 Å². The molecule has 1 aromatic heterocycles. The summed E-state index contributed by atoms with van der Waals surface area (Å²) in [5.74, 6) is -1.25. The van der Waals surface area contributed by atoms with E-state index in [9.17, 15) is 19.2 Å². The lowest BCUT2D eigenvalue weighted by Crippen LogP contribution is -2.16. The molecule has 0 bridgehead atoms. The van der Waals surface area contributed by atoms with Crippen LogP contribution in [0.3, 0.4) is 0 Å². The van der Waals surface area contributed by atoms with Crippen molar-refractivity contribution in [3.63, 3.8) is 0 Å². The van der Waals surface area contributed by atoms with Gasteiger partial charge in [-0.05, 0) is 43.7 Å². The summed E-state index contributed by atoms with van der Waals surface area (Å²) in [6.45, 7) is 3.07. The molecule has 154 valence electrons. The summed E-state index contributed by atoms with van der Waals surface area (Å²) in [5.41, 5.74) is 1.58. The number of aromatic nitrogens is 1. The number of hydrogen-bond donors (Lipinski definition) is 1. The average Bonchev–Trinajstić information content (AvgIpc) is 3.09. The van der Waals surface area contributed by atoms with Crippen LogP contribution in [0, 0.1) is 0 Å². The number of nitrogens with zero attached hydrogens (tertiary/aromatic N) is 1. The highest BCUT2D eigenvalue weighted by atomic mass is 16.5. The molecule has 0 spiro atoms. The van der Waals surface area contributed by atoms with Gasteiger partial charge < -0.3 is 14.6 Å². The zero-order valence-electron chi connectivity index (χ0n) is 17.0. The number of esters is 1. The van der Waals surface area contributed by atoms with Crippen molar-refractivity contribution in [2.45, 2.75) is 39.5 Å². The predicted octanol–water partition coefficient (Wildman–Crippen LogP) is 3.79. The number of Topliss-reactive ketones (excluding diaryl/α,β-unsaturated/α-hetero) is 2. The molecule has 7 heteroatoms. The number of ether oxygens (including phenoxy) is 1. The van der Waals surface area contributed by atoms with Crippen molar-refractivity contribution < 1.29 is 23.9 Å². The van der Waals surface area contributed by atoms with Crippen LogP contribution in [0.2, 0.25) is 0 Å². The molecule has 0 saturated carbocycles. The smallest absolute Gasteiger partial charge is 0.355 e. The summed E-state index contributed by atoms with van der Waals surface area (Å²) in [7, 11) is 1.63. The van der Waals surface area contributed by atoms with Crippen LogP contribution >= 0.6 is 0 Å². The number of amides is 1. The molecule has 0 aliphatic heterocycles. The van der Waals surface area contributed by atoms with Crippen molar-refractivity contribution in [3.05, 3.63) is 53.3 Å². The Morgan fingerprint density at radius 1 is 1.03 bits per heavy atom. The lowest BCUT2D eigenvalue weighted by atomic mass is 10.1. The lowest BCUT2D eigenvalue weighted by Gasteiger charge is -2.07. The maximum absolute atomic E-state index is 12.3. The fourth-order valence-electron chi connectivity index (χ4n) is 2.75.